The number of aromatic nitrogens is 2. The van der Waals surface area contributed by atoms with E-state index in [0.29, 0.717) is 43.3 Å². The average molecular weight is 328 g/mol. The molecule has 7 nitrogen and oxygen atoms in total. The van der Waals surface area contributed by atoms with E-state index in [9.17, 15) is 9.59 Å². The normalized spacial score (nSPS) is 18.3. The predicted octanol–water partition coefficient (Wildman–Crippen LogP) is 1.04. The topological polar surface area (TPSA) is 67.1 Å². The highest BCUT2D eigenvalue weighted by Crippen LogP contribution is 2.19. The molecule has 2 aromatic heterocycles. The minimum atomic E-state index is -0.153. The van der Waals surface area contributed by atoms with Gasteiger partial charge < -0.3 is 14.5 Å². The quantitative estimate of drug-likeness (QED) is 0.826. The number of rotatable bonds is 2. The van der Waals surface area contributed by atoms with Crippen molar-refractivity contribution in [3.8, 4) is 0 Å². The van der Waals surface area contributed by atoms with Crippen molar-refractivity contribution in [2.24, 2.45) is 0 Å². The van der Waals surface area contributed by atoms with Crippen LogP contribution >= 0.6 is 0 Å². The molecule has 24 heavy (non-hydrogen) atoms. The van der Waals surface area contributed by atoms with Gasteiger partial charge in [0.05, 0.1) is 18.7 Å². The van der Waals surface area contributed by atoms with Crippen LogP contribution in [0, 0.1) is 0 Å². The van der Waals surface area contributed by atoms with Gasteiger partial charge >= 0.3 is 0 Å². The third-order valence-corrected chi connectivity index (χ3v) is 4.63. The summed E-state index contributed by atoms with van der Waals surface area (Å²) >= 11 is 0. The lowest BCUT2D eigenvalue weighted by Crippen LogP contribution is -2.41. The Kier molecular flexibility index (Phi) is 3.93. The maximum absolute atomic E-state index is 12.8. The molecular formula is C17H20N4O3. The Bertz CT molecular complexity index is 773. The SMILES string of the molecule is O=C(c1nc(C(=O)N2CCOCC2)n2ccccc12)N1CCCC1. The Balaban J connectivity index is 1.73. The van der Waals surface area contributed by atoms with Crippen LogP contribution in [0.3, 0.4) is 0 Å². The standard InChI is InChI=1S/C17H20N4O3/c22-16(19-6-3-4-7-19)14-13-5-1-2-8-21(13)15(18-14)17(23)20-9-11-24-12-10-20/h1-2,5,8H,3-4,6-7,9-12H2. The average Bonchev–Trinajstić information content (AvgIpc) is 3.29. The molecule has 2 amide bonds. The van der Waals surface area contributed by atoms with Gasteiger partial charge in [-0.2, -0.15) is 0 Å². The molecule has 4 rings (SSSR count). The molecule has 0 aromatic carbocycles. The van der Waals surface area contributed by atoms with Gasteiger partial charge in [-0.25, -0.2) is 4.98 Å². The predicted molar refractivity (Wildman–Crippen MR) is 87.1 cm³/mol. The van der Waals surface area contributed by atoms with Crippen LogP contribution in [0.15, 0.2) is 24.4 Å². The number of imidazole rings is 1. The lowest BCUT2D eigenvalue weighted by atomic mass is 10.3. The Morgan fingerprint density at radius 3 is 2.42 bits per heavy atom. The Labute approximate surface area is 139 Å². The molecule has 0 atom stereocenters. The van der Waals surface area contributed by atoms with Gasteiger partial charge in [-0.15, -0.1) is 0 Å². The van der Waals surface area contributed by atoms with Crippen molar-refractivity contribution < 1.29 is 14.3 Å². The van der Waals surface area contributed by atoms with Crippen molar-refractivity contribution in [1.82, 2.24) is 19.2 Å². The fraction of sp³-hybridized carbons (Fsp3) is 0.471. The molecule has 2 aromatic rings. The lowest BCUT2D eigenvalue weighted by Gasteiger charge is -2.26. The van der Waals surface area contributed by atoms with Crippen molar-refractivity contribution in [2.45, 2.75) is 12.8 Å². The molecule has 2 aliphatic heterocycles. The first kappa shape index (κ1) is 15.1. The van der Waals surface area contributed by atoms with E-state index in [2.05, 4.69) is 4.98 Å². The molecular weight excluding hydrogens is 308 g/mol. The number of fused-ring (bicyclic) bond motifs is 1. The molecule has 4 heterocycles. The van der Waals surface area contributed by atoms with Crippen LogP contribution < -0.4 is 0 Å². The summed E-state index contributed by atoms with van der Waals surface area (Å²) in [4.78, 5) is 33.6. The van der Waals surface area contributed by atoms with Gasteiger partial charge in [0.1, 0.15) is 0 Å². The van der Waals surface area contributed by atoms with E-state index >= 15 is 0 Å². The van der Waals surface area contributed by atoms with E-state index in [1.54, 1.807) is 15.5 Å². The summed E-state index contributed by atoms with van der Waals surface area (Å²) in [5.74, 6) is 0.0623. The maximum atomic E-state index is 12.8. The van der Waals surface area contributed by atoms with Crippen LogP contribution in [0.25, 0.3) is 5.52 Å². The van der Waals surface area contributed by atoms with Gasteiger partial charge in [-0.3, -0.25) is 14.0 Å². The number of amides is 2. The van der Waals surface area contributed by atoms with Crippen molar-refractivity contribution in [3.63, 3.8) is 0 Å². The van der Waals surface area contributed by atoms with Crippen LogP contribution in [-0.4, -0.2) is 70.4 Å². The van der Waals surface area contributed by atoms with Crippen LogP contribution in [0.2, 0.25) is 0 Å². The molecule has 7 heteroatoms. The smallest absolute Gasteiger partial charge is 0.290 e. The molecule has 2 aliphatic rings. The Morgan fingerprint density at radius 1 is 0.958 bits per heavy atom. The number of carbonyl (C=O) groups excluding carboxylic acids is 2. The number of pyridine rings is 1. The fourth-order valence-electron chi connectivity index (χ4n) is 3.32. The molecule has 0 spiro atoms. The summed E-state index contributed by atoms with van der Waals surface area (Å²) in [5.41, 5.74) is 1.06. The van der Waals surface area contributed by atoms with Gasteiger partial charge in [-0.05, 0) is 25.0 Å². The van der Waals surface area contributed by atoms with E-state index in [1.165, 1.54) is 0 Å². The Hall–Kier alpha value is -2.41. The molecule has 126 valence electrons. The highest BCUT2D eigenvalue weighted by Gasteiger charge is 2.29. The molecule has 0 saturated carbocycles. The third-order valence-electron chi connectivity index (χ3n) is 4.63. The van der Waals surface area contributed by atoms with Crippen LogP contribution in [0.1, 0.15) is 33.9 Å². The molecule has 0 aliphatic carbocycles. The number of hydrogen-bond acceptors (Lipinski definition) is 4. The number of nitrogens with zero attached hydrogens (tertiary/aromatic N) is 4. The fourth-order valence-corrected chi connectivity index (χ4v) is 3.32. The summed E-state index contributed by atoms with van der Waals surface area (Å²) < 4.78 is 7.03. The lowest BCUT2D eigenvalue weighted by molar-refractivity contribution is 0.0294. The molecule has 0 radical (unpaired) electrons. The van der Waals surface area contributed by atoms with Crippen molar-refractivity contribution in [2.75, 3.05) is 39.4 Å². The summed E-state index contributed by atoms with van der Waals surface area (Å²) in [6.45, 7) is 3.70. The molecule has 0 unspecified atom stereocenters. The summed E-state index contributed by atoms with van der Waals surface area (Å²) in [5, 5.41) is 0. The zero-order valence-electron chi connectivity index (χ0n) is 13.5. The zero-order chi connectivity index (χ0) is 16.5. The van der Waals surface area contributed by atoms with Gasteiger partial charge in [0.15, 0.2) is 5.69 Å². The highest BCUT2D eigenvalue weighted by molar-refractivity contribution is 6.02. The highest BCUT2D eigenvalue weighted by atomic mass is 16.5. The minimum Gasteiger partial charge on any atom is -0.378 e. The second kappa shape index (κ2) is 6.24. The number of morpholine rings is 1. The van der Waals surface area contributed by atoms with Crippen molar-refractivity contribution in [1.29, 1.82) is 0 Å². The summed E-state index contributed by atoms with van der Waals surface area (Å²) in [6.07, 6.45) is 3.84. The number of carbonyl (C=O) groups is 2. The third kappa shape index (κ3) is 2.54. The van der Waals surface area contributed by atoms with E-state index in [-0.39, 0.29) is 11.8 Å². The van der Waals surface area contributed by atoms with Crippen LogP contribution in [0.4, 0.5) is 0 Å². The van der Waals surface area contributed by atoms with E-state index in [1.807, 2.05) is 23.1 Å². The van der Waals surface area contributed by atoms with Gasteiger partial charge in [0, 0.05) is 32.4 Å². The van der Waals surface area contributed by atoms with E-state index in [4.69, 9.17) is 4.74 Å². The van der Waals surface area contributed by atoms with Crippen LogP contribution in [0.5, 0.6) is 0 Å². The van der Waals surface area contributed by atoms with Crippen LogP contribution in [-0.2, 0) is 4.74 Å². The maximum Gasteiger partial charge on any atom is 0.290 e. The van der Waals surface area contributed by atoms with Gasteiger partial charge in [0.25, 0.3) is 11.8 Å². The summed E-state index contributed by atoms with van der Waals surface area (Å²) in [6, 6.07) is 5.54. The number of ether oxygens (including phenoxy) is 1. The van der Waals surface area contributed by atoms with Crippen molar-refractivity contribution in [3.05, 3.63) is 35.9 Å². The largest absolute Gasteiger partial charge is 0.378 e. The number of hydrogen-bond donors (Lipinski definition) is 0. The van der Waals surface area contributed by atoms with E-state index < -0.39 is 0 Å². The van der Waals surface area contributed by atoms with Gasteiger partial charge in [0.2, 0.25) is 5.82 Å². The number of likely N-dealkylation sites (tertiary alicyclic amines) is 1. The molecule has 0 bridgehead atoms. The summed E-state index contributed by atoms with van der Waals surface area (Å²) in [7, 11) is 0. The molecule has 2 fully saturated rings. The van der Waals surface area contributed by atoms with Crippen molar-refractivity contribution >= 4 is 17.3 Å². The first-order chi connectivity index (χ1) is 11.8. The Morgan fingerprint density at radius 2 is 1.67 bits per heavy atom. The second-order valence-corrected chi connectivity index (χ2v) is 6.14. The molecule has 0 N–H and O–H groups in total. The minimum absolute atomic E-state index is 0.0859. The first-order valence-electron chi connectivity index (χ1n) is 8.39. The zero-order valence-corrected chi connectivity index (χ0v) is 13.5. The van der Waals surface area contributed by atoms with Gasteiger partial charge in [-0.1, -0.05) is 6.07 Å². The van der Waals surface area contributed by atoms with E-state index in [0.717, 1.165) is 25.9 Å². The monoisotopic (exact) mass is 328 g/mol. The molecule has 2 saturated heterocycles. The first-order valence-corrected chi connectivity index (χ1v) is 8.39. The second-order valence-electron chi connectivity index (χ2n) is 6.14.